The van der Waals surface area contributed by atoms with Crippen LogP contribution in [0.2, 0.25) is 0 Å². The van der Waals surface area contributed by atoms with E-state index < -0.39 is 0 Å². The molecule has 0 aliphatic heterocycles. The first-order valence-corrected chi connectivity index (χ1v) is 3.51. The van der Waals surface area contributed by atoms with Crippen molar-refractivity contribution >= 4 is 5.71 Å². The van der Waals surface area contributed by atoms with Gasteiger partial charge in [0.25, 0.3) is 0 Å². The van der Waals surface area contributed by atoms with Gasteiger partial charge in [0.2, 0.25) is 0 Å². The van der Waals surface area contributed by atoms with E-state index in [9.17, 15) is 0 Å². The third-order valence-corrected chi connectivity index (χ3v) is 0.891. The Morgan fingerprint density at radius 1 is 1.33 bits per heavy atom. The van der Waals surface area contributed by atoms with E-state index in [0.29, 0.717) is 6.61 Å². The zero-order chi connectivity index (χ0) is 7.82. The van der Waals surface area contributed by atoms with Crippen molar-refractivity contribution in [2.75, 3.05) is 13.2 Å². The van der Waals surface area contributed by atoms with Crippen LogP contribution in [-0.4, -0.2) is 24.0 Å². The molecule has 70 valence electrons. The van der Waals surface area contributed by atoms with Gasteiger partial charge in [-0.05, 0) is 26.7 Å². The van der Waals surface area contributed by atoms with Crippen LogP contribution < -0.4 is 0 Å². The average molecular weight is 428 g/mol. The van der Waals surface area contributed by atoms with E-state index in [1.807, 2.05) is 13.8 Å². The summed E-state index contributed by atoms with van der Waals surface area (Å²) in [5.41, 5.74) is 0.920. The smallest absolute Gasteiger partial charge is 0.117 e. The summed E-state index contributed by atoms with van der Waals surface area (Å²) in [6.07, 6.45) is 1.66. The van der Waals surface area contributed by atoms with Crippen LogP contribution in [-0.2, 0) is 4.84 Å². The molecule has 0 atom stereocenters. The number of unbranched alkanes of at least 4 members (excludes halogenated alkanes) is 1. The first kappa shape index (κ1) is 16.8. The van der Waals surface area contributed by atoms with Crippen molar-refractivity contribution in [1.29, 1.82) is 0 Å². The van der Waals surface area contributed by atoms with Crippen LogP contribution >= 0.6 is 0 Å². The van der Waals surface area contributed by atoms with E-state index in [1.165, 1.54) is 0 Å². The Balaban J connectivity index is -0.000000405. The van der Waals surface area contributed by atoms with E-state index in [-0.39, 0.29) is 14.0 Å². The molecule has 0 unspecified atom stereocenters. The molecule has 0 bridgehead atoms. The van der Waals surface area contributed by atoms with Crippen molar-refractivity contribution in [2.45, 2.75) is 26.7 Å². The Hall–Kier alpha value is -1.57. The maximum atomic E-state index is 8.38. The molecule has 0 amide bonds. The Morgan fingerprint density at radius 2 is 1.92 bits per heavy atom. The second-order valence-corrected chi connectivity index (χ2v) is 2.30. The number of rotatable bonds is 5. The molecule has 0 spiro atoms. The molecule has 0 aromatic heterocycles. The summed E-state index contributed by atoms with van der Waals surface area (Å²) < 4.78 is 0. The van der Waals surface area contributed by atoms with Crippen molar-refractivity contribution in [2.24, 2.45) is 5.16 Å². The van der Waals surface area contributed by atoms with Crippen LogP contribution in [0.15, 0.2) is 5.16 Å². The SMILES string of the molecule is CC(C)=NOCCCCO.[CH3-].[Db]. The summed E-state index contributed by atoms with van der Waals surface area (Å²) in [6, 6.07) is 0. The summed E-state index contributed by atoms with van der Waals surface area (Å²) in [5.74, 6) is 0. The molecule has 0 aliphatic rings. The van der Waals surface area contributed by atoms with E-state index in [4.69, 9.17) is 9.94 Å². The zero-order valence-electron chi connectivity index (χ0n) is 8.34. The van der Waals surface area contributed by atoms with Gasteiger partial charge in [-0.2, -0.15) is 0 Å². The van der Waals surface area contributed by atoms with E-state index >= 15 is 0 Å². The Morgan fingerprint density at radius 3 is 2.33 bits per heavy atom. The molecule has 0 heterocycles. The molecule has 0 aromatic carbocycles. The molecule has 4 heteroatoms. The molecule has 0 rings (SSSR count). The molecule has 0 saturated carbocycles. The van der Waals surface area contributed by atoms with Crippen molar-refractivity contribution in [1.82, 2.24) is 0 Å². The van der Waals surface area contributed by atoms with Gasteiger partial charge in [0.05, 0.1) is 5.71 Å². The van der Waals surface area contributed by atoms with Crippen molar-refractivity contribution < 1.29 is 9.94 Å². The maximum Gasteiger partial charge on any atom is 0.117 e. The molecule has 0 fully saturated rings. The predicted molar refractivity (Wildman–Crippen MR) is 47.5 cm³/mol. The van der Waals surface area contributed by atoms with Gasteiger partial charge in [-0.3, -0.25) is 0 Å². The zero-order valence-corrected chi connectivity index (χ0v) is 14.8. The average Bonchev–Trinajstić information content (AvgIpc) is 1.87. The fourth-order valence-electron chi connectivity index (χ4n) is 0.453. The molecular weight excluding hydrogens is 410 g/mol. The summed E-state index contributed by atoms with van der Waals surface area (Å²) in [7, 11) is 0. The van der Waals surface area contributed by atoms with E-state index in [1.54, 1.807) is 0 Å². The van der Waals surface area contributed by atoms with Crippen LogP contribution in [0, 0.1) is 7.43 Å². The number of aliphatic hydroxyl groups is 1. The molecule has 0 radical (unpaired) electrons. The number of aliphatic hydroxyl groups excluding tert-OH is 1. The topological polar surface area (TPSA) is 41.8 Å². The fourth-order valence-corrected chi connectivity index (χ4v) is 0.453. The maximum absolute atomic E-state index is 8.38. The standard InChI is InChI=1S/C7H15NO2.CH3.Db/c1-7(2)8-10-6-4-3-5-9;;/h9H,3-6H2,1-2H3;1H3;/q;-1;. The van der Waals surface area contributed by atoms with Crippen LogP contribution in [0.25, 0.3) is 0 Å². The fraction of sp³-hybridized carbons (Fsp3) is 0.750. The second kappa shape index (κ2) is 12.1. The van der Waals surface area contributed by atoms with Crippen molar-refractivity contribution in [3.8, 4) is 0 Å². The number of hydrogen-bond acceptors (Lipinski definition) is 3. The molecular formula is C8H18DbNO2-. The van der Waals surface area contributed by atoms with Gasteiger partial charge in [0.15, 0.2) is 0 Å². The van der Waals surface area contributed by atoms with Crippen LogP contribution in [0.1, 0.15) is 26.7 Å². The van der Waals surface area contributed by atoms with E-state index in [2.05, 4.69) is 5.16 Å². The van der Waals surface area contributed by atoms with Gasteiger partial charge in [0, 0.05) is 6.61 Å². The van der Waals surface area contributed by atoms with Gasteiger partial charge >= 0.3 is 0 Å². The minimum Gasteiger partial charge on any atom is -0.396 e. The molecule has 3 nitrogen and oxygen atoms in total. The predicted octanol–water partition coefficient (Wildman–Crippen LogP) is 1.62. The van der Waals surface area contributed by atoms with Crippen molar-refractivity contribution in [3.63, 3.8) is 0 Å². The Labute approximate surface area is 69.1 Å². The Bertz CT molecular complexity index is 103. The molecule has 0 saturated heterocycles. The normalized spacial score (nSPS) is 7.58. The van der Waals surface area contributed by atoms with Crippen LogP contribution in [0.3, 0.4) is 0 Å². The Kier molecular flexibility index (Phi) is 17.0. The first-order chi connectivity index (χ1) is 4.77. The molecule has 0 aliphatic carbocycles. The summed E-state index contributed by atoms with van der Waals surface area (Å²) in [6.45, 7) is 4.60. The number of oxime groups is 1. The summed E-state index contributed by atoms with van der Waals surface area (Å²) >= 11 is 0. The molecule has 12 heavy (non-hydrogen) atoms. The number of hydrogen-bond donors (Lipinski definition) is 1. The monoisotopic (exact) mass is 428 g/mol. The number of nitrogens with zero attached hydrogens (tertiary/aromatic N) is 1. The largest absolute Gasteiger partial charge is 0.396 e. The molecule has 0 aromatic rings. The minimum absolute atomic E-state index is 0. The van der Waals surface area contributed by atoms with E-state index in [0.717, 1.165) is 18.6 Å². The second-order valence-electron chi connectivity index (χ2n) is 2.30. The third kappa shape index (κ3) is 15.8. The summed E-state index contributed by atoms with van der Waals surface area (Å²) in [5, 5.41) is 12.1. The molecule has 1 N–H and O–H groups in total. The van der Waals surface area contributed by atoms with Crippen LogP contribution in [0.4, 0.5) is 0 Å². The van der Waals surface area contributed by atoms with Crippen molar-refractivity contribution in [3.05, 3.63) is 7.43 Å². The van der Waals surface area contributed by atoms with Gasteiger partial charge in [-0.1, -0.05) is 5.16 Å². The van der Waals surface area contributed by atoms with Gasteiger partial charge in [0.1, 0.15) is 6.61 Å². The first-order valence-electron chi connectivity index (χ1n) is 3.51. The van der Waals surface area contributed by atoms with Crippen LogP contribution in [0.5, 0.6) is 0 Å². The van der Waals surface area contributed by atoms with Gasteiger partial charge < -0.3 is 17.4 Å². The minimum atomic E-state index is 0. The van der Waals surface area contributed by atoms with Gasteiger partial charge in [-0.25, -0.2) is 0 Å². The quantitative estimate of drug-likeness (QED) is 0.313. The van der Waals surface area contributed by atoms with Gasteiger partial charge in [-0.15, -0.1) is 0 Å². The third-order valence-electron chi connectivity index (χ3n) is 0.891. The summed E-state index contributed by atoms with van der Waals surface area (Å²) in [4.78, 5) is 4.87.